The van der Waals surface area contributed by atoms with Crippen molar-refractivity contribution < 1.29 is 4.52 Å². The molecule has 1 N–H and O–H groups in total. The van der Waals surface area contributed by atoms with Gasteiger partial charge in [-0.2, -0.15) is 0 Å². The van der Waals surface area contributed by atoms with Crippen LogP contribution in [0.25, 0.3) is 0 Å². The lowest BCUT2D eigenvalue weighted by molar-refractivity contribution is 0.169. The van der Waals surface area contributed by atoms with Gasteiger partial charge in [0.2, 0.25) is 0 Å². The molecule has 172 valence electrons. The summed E-state index contributed by atoms with van der Waals surface area (Å²) >= 11 is 0. The molecule has 0 radical (unpaired) electrons. The van der Waals surface area contributed by atoms with Gasteiger partial charge in [0, 0.05) is 71.3 Å². The van der Waals surface area contributed by atoms with Gasteiger partial charge in [-0.05, 0) is 26.2 Å². The number of hydrogen-bond acceptors (Lipinski definition) is 6. The Morgan fingerprint density at radius 2 is 2.00 bits per heavy atom. The zero-order valence-electron chi connectivity index (χ0n) is 18.5. The normalized spacial score (nSPS) is 17.7. The fourth-order valence-corrected chi connectivity index (χ4v) is 4.24. The standard InChI is InChI=1S/C21H34N8O.HI/c1-2-22-21(28-14-12-27(13-15-28)17-18-9-16-30-26-18)23-10-6-8-20-25-24-19-7-4-3-5-11-29(19)20;/h9,16H,2-8,10-15,17H2,1H3,(H,22,23);1H. The Bertz CT molecular complexity index is 798. The average molecular weight is 542 g/mol. The zero-order chi connectivity index (χ0) is 20.6. The third kappa shape index (κ3) is 6.64. The van der Waals surface area contributed by atoms with Crippen LogP contribution in [0.3, 0.4) is 0 Å². The van der Waals surface area contributed by atoms with E-state index in [9.17, 15) is 0 Å². The van der Waals surface area contributed by atoms with Gasteiger partial charge in [-0.15, -0.1) is 34.2 Å². The number of aliphatic imine (C=N–C) groups is 1. The monoisotopic (exact) mass is 542 g/mol. The van der Waals surface area contributed by atoms with Crippen LogP contribution in [0.15, 0.2) is 21.8 Å². The summed E-state index contributed by atoms with van der Waals surface area (Å²) in [4.78, 5) is 9.67. The quantitative estimate of drug-likeness (QED) is 0.249. The summed E-state index contributed by atoms with van der Waals surface area (Å²) in [5, 5.41) is 16.3. The summed E-state index contributed by atoms with van der Waals surface area (Å²) in [6.45, 7) is 9.69. The van der Waals surface area contributed by atoms with Gasteiger partial charge in [-0.25, -0.2) is 0 Å². The lowest BCUT2D eigenvalue weighted by atomic mass is 10.2. The number of nitrogens with zero attached hydrogens (tertiary/aromatic N) is 7. The van der Waals surface area contributed by atoms with Crippen molar-refractivity contribution in [2.45, 2.75) is 58.5 Å². The molecule has 10 heteroatoms. The zero-order valence-corrected chi connectivity index (χ0v) is 20.8. The van der Waals surface area contributed by atoms with Crippen LogP contribution in [0.4, 0.5) is 0 Å². The molecular weight excluding hydrogens is 507 g/mol. The molecule has 2 aliphatic heterocycles. The van der Waals surface area contributed by atoms with Gasteiger partial charge >= 0.3 is 0 Å². The molecule has 2 aliphatic rings. The predicted octanol–water partition coefficient (Wildman–Crippen LogP) is 2.33. The maximum Gasteiger partial charge on any atom is 0.194 e. The van der Waals surface area contributed by atoms with Crippen molar-refractivity contribution in [2.24, 2.45) is 4.99 Å². The Kier molecular flexibility index (Phi) is 9.56. The van der Waals surface area contributed by atoms with Crippen molar-refractivity contribution in [3.63, 3.8) is 0 Å². The van der Waals surface area contributed by atoms with E-state index in [1.54, 1.807) is 6.26 Å². The first-order valence-corrected chi connectivity index (χ1v) is 11.4. The van der Waals surface area contributed by atoms with E-state index >= 15 is 0 Å². The Hall–Kier alpha value is -1.69. The van der Waals surface area contributed by atoms with Crippen LogP contribution in [0, 0.1) is 0 Å². The van der Waals surface area contributed by atoms with Crippen LogP contribution >= 0.6 is 24.0 Å². The van der Waals surface area contributed by atoms with E-state index in [4.69, 9.17) is 9.52 Å². The number of aryl methyl sites for hydroxylation is 2. The Morgan fingerprint density at radius 3 is 2.77 bits per heavy atom. The molecule has 0 amide bonds. The minimum absolute atomic E-state index is 0. The van der Waals surface area contributed by atoms with Gasteiger partial charge in [0.1, 0.15) is 17.9 Å². The van der Waals surface area contributed by atoms with Crippen LogP contribution in [0.1, 0.15) is 49.9 Å². The fourth-order valence-electron chi connectivity index (χ4n) is 4.24. The van der Waals surface area contributed by atoms with Gasteiger partial charge in [-0.1, -0.05) is 11.6 Å². The molecule has 0 bridgehead atoms. The molecule has 0 aromatic carbocycles. The molecule has 31 heavy (non-hydrogen) atoms. The predicted molar refractivity (Wildman–Crippen MR) is 131 cm³/mol. The third-order valence-electron chi connectivity index (χ3n) is 5.89. The molecule has 2 aromatic heterocycles. The smallest absolute Gasteiger partial charge is 0.194 e. The minimum atomic E-state index is 0. The second-order valence-corrected chi connectivity index (χ2v) is 8.09. The molecule has 9 nitrogen and oxygen atoms in total. The van der Waals surface area contributed by atoms with Crippen LogP contribution in [0.5, 0.6) is 0 Å². The maximum atomic E-state index is 4.94. The second-order valence-electron chi connectivity index (χ2n) is 8.09. The van der Waals surface area contributed by atoms with Crippen molar-refractivity contribution >= 4 is 29.9 Å². The first kappa shape index (κ1) is 24.0. The molecule has 0 spiro atoms. The van der Waals surface area contributed by atoms with E-state index in [2.05, 4.69) is 42.0 Å². The van der Waals surface area contributed by atoms with Crippen molar-refractivity contribution in [1.82, 2.24) is 35.0 Å². The number of fused-ring (bicyclic) bond motifs is 1. The van der Waals surface area contributed by atoms with E-state index < -0.39 is 0 Å². The molecule has 0 saturated carbocycles. The number of piperazine rings is 1. The highest BCUT2D eigenvalue weighted by atomic mass is 127. The molecule has 1 fully saturated rings. The Labute approximate surface area is 201 Å². The number of hydrogen-bond donors (Lipinski definition) is 1. The van der Waals surface area contributed by atoms with Gasteiger partial charge in [0.25, 0.3) is 0 Å². The highest BCUT2D eigenvalue weighted by Crippen LogP contribution is 2.15. The van der Waals surface area contributed by atoms with Gasteiger partial charge in [0.15, 0.2) is 5.96 Å². The highest BCUT2D eigenvalue weighted by Gasteiger charge is 2.20. The molecule has 4 rings (SSSR count). The molecule has 1 saturated heterocycles. The molecule has 4 heterocycles. The number of guanidine groups is 1. The summed E-state index contributed by atoms with van der Waals surface area (Å²) in [7, 11) is 0. The topological polar surface area (TPSA) is 87.6 Å². The number of halogens is 1. The first-order chi connectivity index (χ1) is 14.8. The van der Waals surface area contributed by atoms with E-state index in [-0.39, 0.29) is 24.0 Å². The van der Waals surface area contributed by atoms with Crippen molar-refractivity contribution in [2.75, 3.05) is 39.3 Å². The third-order valence-corrected chi connectivity index (χ3v) is 5.89. The van der Waals surface area contributed by atoms with Crippen LogP contribution in [-0.4, -0.2) is 74.9 Å². The van der Waals surface area contributed by atoms with Gasteiger partial charge < -0.3 is 19.3 Å². The highest BCUT2D eigenvalue weighted by molar-refractivity contribution is 14.0. The first-order valence-electron chi connectivity index (χ1n) is 11.4. The van der Waals surface area contributed by atoms with Crippen molar-refractivity contribution in [1.29, 1.82) is 0 Å². The van der Waals surface area contributed by atoms with Crippen LogP contribution in [0.2, 0.25) is 0 Å². The lowest BCUT2D eigenvalue weighted by Crippen LogP contribution is -2.52. The van der Waals surface area contributed by atoms with E-state index in [1.165, 1.54) is 25.1 Å². The Morgan fingerprint density at radius 1 is 1.13 bits per heavy atom. The largest absolute Gasteiger partial charge is 0.364 e. The van der Waals surface area contributed by atoms with E-state index in [0.717, 1.165) is 89.1 Å². The molecular formula is C21H35IN8O. The van der Waals surface area contributed by atoms with Crippen molar-refractivity contribution in [3.05, 3.63) is 29.7 Å². The number of nitrogens with one attached hydrogen (secondary N) is 1. The number of rotatable bonds is 7. The second kappa shape index (κ2) is 12.4. The van der Waals surface area contributed by atoms with E-state index in [0.29, 0.717) is 0 Å². The van der Waals surface area contributed by atoms with Crippen LogP contribution in [-0.2, 0) is 25.9 Å². The molecule has 2 aromatic rings. The van der Waals surface area contributed by atoms with Crippen molar-refractivity contribution in [3.8, 4) is 0 Å². The SMILES string of the molecule is CCNC(=NCCCc1nnc2n1CCCCC2)N1CCN(Cc2ccon2)CC1.I. The fraction of sp³-hybridized carbons (Fsp3) is 0.714. The average Bonchev–Trinajstić information content (AvgIpc) is 3.35. The van der Waals surface area contributed by atoms with Gasteiger partial charge in [0.05, 0.1) is 5.69 Å². The molecule has 0 aliphatic carbocycles. The molecule has 0 atom stereocenters. The lowest BCUT2D eigenvalue weighted by Gasteiger charge is -2.36. The maximum absolute atomic E-state index is 4.94. The summed E-state index contributed by atoms with van der Waals surface area (Å²) < 4.78 is 7.28. The summed E-state index contributed by atoms with van der Waals surface area (Å²) in [6, 6.07) is 1.94. The number of aromatic nitrogens is 4. The summed E-state index contributed by atoms with van der Waals surface area (Å²) in [6.07, 6.45) is 8.42. The van der Waals surface area contributed by atoms with E-state index in [1.807, 2.05) is 6.07 Å². The summed E-state index contributed by atoms with van der Waals surface area (Å²) in [5.41, 5.74) is 0.996. The summed E-state index contributed by atoms with van der Waals surface area (Å²) in [5.74, 6) is 3.33. The minimum Gasteiger partial charge on any atom is -0.364 e. The van der Waals surface area contributed by atoms with Crippen LogP contribution < -0.4 is 5.32 Å². The molecule has 0 unspecified atom stereocenters. The Balaban J connectivity index is 0.00000272. The van der Waals surface area contributed by atoms with Gasteiger partial charge in [-0.3, -0.25) is 9.89 Å².